The fraction of sp³-hybridized carbons (Fsp3) is 0.333. The summed E-state index contributed by atoms with van der Waals surface area (Å²) in [7, 11) is 0. The van der Waals surface area contributed by atoms with E-state index in [0.29, 0.717) is 17.5 Å². The third kappa shape index (κ3) is 7.39. The molecule has 0 unspecified atom stereocenters. The second kappa shape index (κ2) is 12.8. The number of phenolic OH excluding ortho intramolecular Hbond substituents is 1. The smallest absolute Gasteiger partial charge is 0.342 e. The number of carbonyl (C=O) groups excluding carboxylic acids is 1. The van der Waals surface area contributed by atoms with Crippen molar-refractivity contribution < 1.29 is 19.2 Å². The van der Waals surface area contributed by atoms with Gasteiger partial charge < -0.3 is 9.84 Å². The molecule has 0 aliphatic rings. The summed E-state index contributed by atoms with van der Waals surface area (Å²) in [6.07, 6.45) is 1.62. The topological polar surface area (TPSA) is 103 Å². The summed E-state index contributed by atoms with van der Waals surface area (Å²) in [5.74, 6) is 1.75. The minimum Gasteiger partial charge on any atom is -0.507 e. The van der Waals surface area contributed by atoms with Crippen LogP contribution in [-0.4, -0.2) is 39.8 Å². The number of ether oxygens (including phenoxy) is 1. The van der Waals surface area contributed by atoms with E-state index in [-0.39, 0.29) is 22.5 Å². The van der Waals surface area contributed by atoms with Gasteiger partial charge in [-0.15, -0.1) is 5.10 Å². The number of hydrogen-bond acceptors (Lipinski definition) is 6. The highest BCUT2D eigenvalue weighted by molar-refractivity contribution is 7.99. The van der Waals surface area contributed by atoms with Crippen LogP contribution in [0.5, 0.6) is 11.5 Å². The molecule has 0 bridgehead atoms. The van der Waals surface area contributed by atoms with E-state index >= 15 is 0 Å². The first kappa shape index (κ1) is 30.8. The highest BCUT2D eigenvalue weighted by atomic mass is 32.2. The highest BCUT2D eigenvalue weighted by Gasteiger charge is 2.27. The van der Waals surface area contributed by atoms with E-state index < -0.39 is 0 Å². The molecule has 4 rings (SSSR count). The van der Waals surface area contributed by atoms with Gasteiger partial charge in [0.15, 0.2) is 0 Å². The maximum atomic E-state index is 12.8. The van der Waals surface area contributed by atoms with Crippen molar-refractivity contribution in [2.24, 2.45) is 5.10 Å². The first-order valence-corrected chi connectivity index (χ1v) is 15.0. The van der Waals surface area contributed by atoms with E-state index in [1.54, 1.807) is 6.21 Å². The van der Waals surface area contributed by atoms with E-state index in [0.717, 1.165) is 39.5 Å². The summed E-state index contributed by atoms with van der Waals surface area (Å²) < 4.78 is 7.60. The molecule has 220 valence electrons. The number of thioether (sulfide) groups is 1. The minimum absolute atomic E-state index is 0.115. The van der Waals surface area contributed by atoms with Crippen LogP contribution in [0.2, 0.25) is 0 Å². The molecule has 3 N–H and O–H groups in total. The zero-order chi connectivity index (χ0) is 30.5. The number of carbonyl (C=O) groups is 1. The number of hydrogen-bond donors (Lipinski definition) is 3. The number of rotatable bonds is 9. The Hall–Kier alpha value is -4.11. The number of benzene rings is 3. The zero-order valence-electron chi connectivity index (χ0n) is 25.4. The summed E-state index contributed by atoms with van der Waals surface area (Å²) in [4.78, 5) is 12.8. The Bertz CT molecular complexity index is 1510. The number of aromatic hydroxyl groups is 1. The molecule has 1 amide bonds. The molecule has 0 aliphatic carbocycles. The lowest BCUT2D eigenvalue weighted by molar-refractivity contribution is -0.625. The standard InChI is InChI=1S/C33H39N5O3S/c1-8-41-25-16-14-24(15-17-25)38-30(23-12-10-9-11-13-23)36-37-31(38)42-21-28(39)35-34-20-22-18-26(32(2,3)4)29(40)27(19-22)33(5,6)7/h9-20H,8,21H2,1-7H3,(H2,34,35,39,40)/p+1. The van der Waals surface area contributed by atoms with Crippen molar-refractivity contribution in [3.8, 4) is 28.6 Å². The van der Waals surface area contributed by atoms with Crippen molar-refractivity contribution in [3.63, 3.8) is 0 Å². The van der Waals surface area contributed by atoms with Crippen LogP contribution in [0.15, 0.2) is 77.0 Å². The minimum atomic E-state index is -0.260. The molecule has 42 heavy (non-hydrogen) atoms. The molecular formula is C33H40N5O3S+. The average molecular weight is 587 g/mol. The molecule has 9 heteroatoms. The average Bonchev–Trinajstić information content (AvgIpc) is 3.36. The predicted octanol–water partition coefficient (Wildman–Crippen LogP) is 6.30. The highest BCUT2D eigenvalue weighted by Crippen LogP contribution is 2.39. The number of nitrogens with zero attached hydrogens (tertiary/aromatic N) is 3. The Morgan fingerprint density at radius 2 is 1.64 bits per heavy atom. The van der Waals surface area contributed by atoms with Crippen molar-refractivity contribution in [2.75, 3.05) is 12.4 Å². The Balaban J connectivity index is 1.52. The van der Waals surface area contributed by atoms with Gasteiger partial charge in [-0.1, -0.05) is 59.7 Å². The molecule has 0 fully saturated rings. The molecule has 1 heterocycles. The number of H-pyrrole nitrogens is 1. The molecule has 1 aromatic heterocycles. The summed E-state index contributed by atoms with van der Waals surface area (Å²) in [5, 5.41) is 23.5. The van der Waals surface area contributed by atoms with Crippen LogP contribution in [0.4, 0.5) is 0 Å². The predicted molar refractivity (Wildman–Crippen MR) is 169 cm³/mol. The number of amides is 1. The van der Waals surface area contributed by atoms with Crippen LogP contribution in [0.3, 0.4) is 0 Å². The first-order chi connectivity index (χ1) is 19.9. The van der Waals surface area contributed by atoms with E-state index in [4.69, 9.17) is 4.74 Å². The van der Waals surface area contributed by atoms with Gasteiger partial charge in [0.25, 0.3) is 11.7 Å². The van der Waals surface area contributed by atoms with E-state index in [1.165, 1.54) is 11.8 Å². The number of phenols is 1. The molecule has 0 saturated carbocycles. The van der Waals surface area contributed by atoms with Gasteiger partial charge in [0, 0.05) is 11.1 Å². The Labute approximate surface area is 252 Å². The van der Waals surface area contributed by atoms with Gasteiger partial charge in [0.05, 0.1) is 29.2 Å². The molecule has 4 aromatic rings. The normalized spacial score (nSPS) is 12.1. The van der Waals surface area contributed by atoms with E-state index in [2.05, 4.69) is 62.3 Å². The molecule has 0 radical (unpaired) electrons. The van der Waals surface area contributed by atoms with Crippen molar-refractivity contribution in [1.82, 2.24) is 15.6 Å². The summed E-state index contributed by atoms with van der Waals surface area (Å²) in [6, 6.07) is 21.5. The second-order valence-corrected chi connectivity index (χ2v) is 13.0. The van der Waals surface area contributed by atoms with Crippen molar-refractivity contribution in [3.05, 3.63) is 83.4 Å². The SMILES string of the molecule is CCOc1ccc(-[n+]2c(SCC(=O)N/N=C/c3cc(C(C)(C)C)c(O)c(C(C)(C)C)c3)n[nH]c2-c2ccccc2)cc1. The van der Waals surface area contributed by atoms with Crippen LogP contribution in [0.1, 0.15) is 65.2 Å². The Morgan fingerprint density at radius 3 is 2.21 bits per heavy atom. The van der Waals surface area contributed by atoms with E-state index in [9.17, 15) is 9.90 Å². The largest absolute Gasteiger partial charge is 0.507 e. The van der Waals surface area contributed by atoms with Crippen molar-refractivity contribution in [2.45, 2.75) is 64.5 Å². The Kier molecular flexibility index (Phi) is 9.41. The number of aromatic amines is 1. The quantitative estimate of drug-likeness (QED) is 0.0925. The third-order valence-corrected chi connectivity index (χ3v) is 7.55. The molecule has 0 saturated heterocycles. The van der Waals surface area contributed by atoms with Crippen LogP contribution in [0.25, 0.3) is 17.1 Å². The second-order valence-electron chi connectivity index (χ2n) is 12.0. The van der Waals surface area contributed by atoms with Crippen molar-refractivity contribution in [1.29, 1.82) is 0 Å². The summed E-state index contributed by atoms with van der Waals surface area (Å²) in [6.45, 7) is 14.9. The summed E-state index contributed by atoms with van der Waals surface area (Å²) in [5.41, 5.74) is 6.47. The molecule has 0 atom stereocenters. The molecule has 0 aliphatic heterocycles. The number of hydrazone groups is 1. The molecular weight excluding hydrogens is 546 g/mol. The lowest BCUT2D eigenvalue weighted by atomic mass is 9.78. The lowest BCUT2D eigenvalue weighted by Gasteiger charge is -2.27. The van der Waals surface area contributed by atoms with Crippen LogP contribution in [0, 0.1) is 0 Å². The molecule has 8 nitrogen and oxygen atoms in total. The number of nitrogens with one attached hydrogen (secondary N) is 2. The van der Waals surface area contributed by atoms with E-state index in [1.807, 2.05) is 78.2 Å². The van der Waals surface area contributed by atoms with Crippen molar-refractivity contribution >= 4 is 23.9 Å². The maximum Gasteiger partial charge on any atom is 0.342 e. The fourth-order valence-corrected chi connectivity index (χ4v) is 5.26. The first-order valence-electron chi connectivity index (χ1n) is 14.0. The van der Waals surface area contributed by atoms with Crippen LogP contribution in [-0.2, 0) is 15.6 Å². The monoisotopic (exact) mass is 586 g/mol. The van der Waals surface area contributed by atoms with Crippen LogP contribution < -0.4 is 14.7 Å². The van der Waals surface area contributed by atoms with Gasteiger partial charge >= 0.3 is 5.16 Å². The van der Waals surface area contributed by atoms with Gasteiger partial charge in [0.1, 0.15) is 17.2 Å². The van der Waals surface area contributed by atoms with Gasteiger partial charge in [-0.2, -0.15) is 9.67 Å². The Morgan fingerprint density at radius 1 is 1.02 bits per heavy atom. The fourth-order valence-electron chi connectivity index (χ4n) is 4.50. The lowest BCUT2D eigenvalue weighted by Crippen LogP contribution is -2.34. The molecule has 0 spiro atoms. The number of aromatic nitrogens is 3. The summed E-state index contributed by atoms with van der Waals surface area (Å²) >= 11 is 1.31. The zero-order valence-corrected chi connectivity index (χ0v) is 26.2. The third-order valence-electron chi connectivity index (χ3n) is 6.61. The van der Waals surface area contributed by atoms with Crippen LogP contribution >= 0.6 is 11.8 Å². The van der Waals surface area contributed by atoms with Gasteiger partial charge in [-0.25, -0.2) is 5.43 Å². The van der Waals surface area contributed by atoms with Gasteiger partial charge in [-0.05, 0) is 83.6 Å². The van der Waals surface area contributed by atoms with Gasteiger partial charge in [-0.3, -0.25) is 4.79 Å². The van der Waals surface area contributed by atoms with Gasteiger partial charge in [0.2, 0.25) is 0 Å². The molecule has 3 aromatic carbocycles. The maximum absolute atomic E-state index is 12.8.